The van der Waals surface area contributed by atoms with Crippen molar-refractivity contribution >= 4 is 29.2 Å². The monoisotopic (exact) mass is 490 g/mol. The van der Waals surface area contributed by atoms with Crippen LogP contribution in [-0.2, 0) is 4.79 Å². The molecule has 2 heterocycles. The van der Waals surface area contributed by atoms with Crippen molar-refractivity contribution in [3.8, 4) is 5.75 Å². The Labute approximate surface area is 206 Å². The van der Waals surface area contributed by atoms with Gasteiger partial charge in [0, 0.05) is 25.2 Å². The average molecular weight is 491 g/mol. The number of carbonyl (C=O) groups is 1. The fraction of sp³-hybridized carbons (Fsp3) is 0.500. The van der Waals surface area contributed by atoms with E-state index in [2.05, 4.69) is 9.80 Å². The Kier molecular flexibility index (Phi) is 8.18. The first-order valence-corrected chi connectivity index (χ1v) is 12.5. The van der Waals surface area contributed by atoms with Gasteiger partial charge in [-0.15, -0.1) is 0 Å². The fourth-order valence-corrected chi connectivity index (χ4v) is 5.42. The number of hydrogen-bond acceptors (Lipinski definition) is 4. The lowest BCUT2D eigenvalue weighted by Crippen LogP contribution is -2.45. The van der Waals surface area contributed by atoms with Crippen molar-refractivity contribution < 1.29 is 14.6 Å². The smallest absolute Gasteiger partial charge is 0.325 e. The molecule has 2 saturated heterocycles. The Morgan fingerprint density at radius 3 is 2.33 bits per heavy atom. The molecule has 2 aliphatic rings. The first-order chi connectivity index (χ1) is 15.9. The summed E-state index contributed by atoms with van der Waals surface area (Å²) in [5, 5.41) is 10.9. The molecule has 2 fully saturated rings. The summed E-state index contributed by atoms with van der Waals surface area (Å²) in [6, 6.07) is 12.7. The van der Waals surface area contributed by atoms with Crippen LogP contribution in [0.2, 0.25) is 10.0 Å². The Morgan fingerprint density at radius 1 is 1.03 bits per heavy atom. The van der Waals surface area contributed by atoms with Crippen LogP contribution in [-0.4, -0.2) is 59.7 Å². The summed E-state index contributed by atoms with van der Waals surface area (Å²) in [4.78, 5) is 16.6. The van der Waals surface area contributed by atoms with E-state index in [1.165, 1.54) is 0 Å². The predicted molar refractivity (Wildman–Crippen MR) is 132 cm³/mol. The number of benzene rings is 2. The molecule has 0 radical (unpaired) electrons. The van der Waals surface area contributed by atoms with Crippen LogP contribution < -0.4 is 4.74 Å². The van der Waals surface area contributed by atoms with Gasteiger partial charge in [0.15, 0.2) is 0 Å². The van der Waals surface area contributed by atoms with Crippen LogP contribution in [0.25, 0.3) is 0 Å². The molecule has 0 unspecified atom stereocenters. The van der Waals surface area contributed by atoms with E-state index in [9.17, 15) is 9.90 Å². The van der Waals surface area contributed by atoms with Crippen LogP contribution in [0.3, 0.4) is 0 Å². The number of likely N-dealkylation sites (tertiary alicyclic amines) is 2. The molecule has 2 aromatic rings. The molecule has 1 N–H and O–H groups in total. The lowest BCUT2D eigenvalue weighted by molar-refractivity contribution is -0.144. The highest BCUT2D eigenvalue weighted by Gasteiger charge is 2.32. The van der Waals surface area contributed by atoms with Crippen molar-refractivity contribution in [1.82, 2.24) is 9.80 Å². The number of carboxylic acids is 1. The van der Waals surface area contributed by atoms with Gasteiger partial charge in [0.05, 0.1) is 10.0 Å². The molecule has 0 amide bonds. The zero-order valence-corrected chi connectivity index (χ0v) is 20.6. The van der Waals surface area contributed by atoms with E-state index in [-0.39, 0.29) is 6.10 Å². The van der Waals surface area contributed by atoms with Gasteiger partial charge in [0.25, 0.3) is 0 Å². The molecule has 0 spiro atoms. The maximum Gasteiger partial charge on any atom is 0.325 e. The van der Waals surface area contributed by atoms with Crippen LogP contribution in [0.4, 0.5) is 0 Å². The molecular weight excluding hydrogens is 459 g/mol. The Hall–Kier alpha value is -1.79. The third-order valence-corrected chi connectivity index (χ3v) is 7.90. The zero-order chi connectivity index (χ0) is 23.4. The van der Waals surface area contributed by atoms with Gasteiger partial charge in [-0.2, -0.15) is 0 Å². The van der Waals surface area contributed by atoms with E-state index in [0.717, 1.165) is 75.3 Å². The van der Waals surface area contributed by atoms with Gasteiger partial charge < -0.3 is 14.7 Å². The molecule has 0 bridgehead atoms. The number of carboxylic acid groups (broad SMARTS) is 1. The minimum Gasteiger partial charge on any atom is -0.490 e. The number of nitrogens with zero attached hydrogens (tertiary/aromatic N) is 2. The Bertz CT molecular complexity index is 940. The molecule has 2 aliphatic heterocycles. The lowest BCUT2D eigenvalue weighted by atomic mass is 9.93. The molecule has 0 saturated carbocycles. The molecule has 0 aliphatic carbocycles. The third-order valence-electron chi connectivity index (χ3n) is 7.00. The van der Waals surface area contributed by atoms with Gasteiger partial charge >= 0.3 is 5.97 Å². The van der Waals surface area contributed by atoms with Crippen molar-refractivity contribution in [2.45, 2.75) is 44.8 Å². The second kappa shape index (κ2) is 11.1. The van der Waals surface area contributed by atoms with Crippen LogP contribution >= 0.6 is 23.2 Å². The highest BCUT2D eigenvalue weighted by Crippen LogP contribution is 2.34. The molecule has 5 nitrogen and oxygen atoms in total. The Balaban J connectivity index is 1.23. The van der Waals surface area contributed by atoms with Crippen molar-refractivity contribution in [3.63, 3.8) is 0 Å². The van der Waals surface area contributed by atoms with Gasteiger partial charge in [-0.3, -0.25) is 9.69 Å². The van der Waals surface area contributed by atoms with E-state index in [1.807, 2.05) is 43.3 Å². The number of aliphatic carboxylic acids is 1. The van der Waals surface area contributed by atoms with Gasteiger partial charge in [0.2, 0.25) is 0 Å². The van der Waals surface area contributed by atoms with E-state index >= 15 is 0 Å². The van der Waals surface area contributed by atoms with Crippen molar-refractivity contribution in [2.24, 2.45) is 5.92 Å². The molecular formula is C26H32Cl2N2O3. The van der Waals surface area contributed by atoms with Gasteiger partial charge in [-0.05, 0) is 69.3 Å². The number of piperidine rings is 2. The minimum absolute atomic E-state index is 0.196. The third kappa shape index (κ3) is 6.02. The average Bonchev–Trinajstić information content (AvgIpc) is 2.82. The Morgan fingerprint density at radius 2 is 1.70 bits per heavy atom. The van der Waals surface area contributed by atoms with Gasteiger partial charge in [-0.25, -0.2) is 0 Å². The highest BCUT2D eigenvalue weighted by molar-refractivity contribution is 6.42. The zero-order valence-electron chi connectivity index (χ0n) is 19.1. The summed E-state index contributed by atoms with van der Waals surface area (Å²) in [6.07, 6.45) is 4.26. The first kappa shape index (κ1) is 24.3. The summed E-state index contributed by atoms with van der Waals surface area (Å²) in [6.45, 7) is 6.71. The maximum absolute atomic E-state index is 11.9. The minimum atomic E-state index is -0.765. The normalized spacial score (nSPS) is 20.0. The molecule has 1 atom stereocenters. The van der Waals surface area contributed by atoms with Crippen LogP contribution in [0.5, 0.6) is 5.75 Å². The van der Waals surface area contributed by atoms with Crippen molar-refractivity contribution in [3.05, 3.63) is 63.6 Å². The maximum atomic E-state index is 11.9. The second-order valence-corrected chi connectivity index (χ2v) is 10.0. The topological polar surface area (TPSA) is 53.0 Å². The summed E-state index contributed by atoms with van der Waals surface area (Å²) in [5.74, 6) is 0.668. The summed E-state index contributed by atoms with van der Waals surface area (Å²) in [5.41, 5.74) is 1.76. The molecule has 33 heavy (non-hydrogen) atoms. The van der Waals surface area contributed by atoms with E-state index in [0.29, 0.717) is 16.0 Å². The largest absolute Gasteiger partial charge is 0.490 e. The highest BCUT2D eigenvalue weighted by atomic mass is 35.5. The predicted octanol–water partition coefficient (Wildman–Crippen LogP) is 5.68. The SMILES string of the molecule is Cc1c(OC2CCN(CC3CCN([C@H](C(=O)O)c4ccccc4)CC3)CC2)ccc(Cl)c1Cl. The van der Waals surface area contributed by atoms with Gasteiger partial charge in [0.1, 0.15) is 17.9 Å². The van der Waals surface area contributed by atoms with Crippen LogP contribution in [0.1, 0.15) is 42.9 Å². The quantitative estimate of drug-likeness (QED) is 0.540. The standard InChI is InChI=1S/C26H32Cl2N2O3/c1-18-23(8-7-22(27)24(18)28)33-21-11-13-29(14-12-21)17-19-9-15-30(16-10-19)25(26(31)32)20-5-3-2-4-6-20/h2-8,19,21,25H,9-17H2,1H3,(H,31,32)/t25-/m0/s1. The van der Waals surface area contributed by atoms with E-state index in [4.69, 9.17) is 27.9 Å². The molecule has 0 aromatic heterocycles. The van der Waals surface area contributed by atoms with Crippen LogP contribution in [0, 0.1) is 12.8 Å². The summed E-state index contributed by atoms with van der Waals surface area (Å²) < 4.78 is 6.23. The number of ether oxygens (including phenoxy) is 1. The summed E-state index contributed by atoms with van der Waals surface area (Å²) in [7, 11) is 0. The molecule has 4 rings (SSSR count). The lowest BCUT2D eigenvalue weighted by Gasteiger charge is -2.39. The first-order valence-electron chi connectivity index (χ1n) is 11.8. The number of rotatable bonds is 7. The van der Waals surface area contributed by atoms with Gasteiger partial charge in [-0.1, -0.05) is 53.5 Å². The second-order valence-electron chi connectivity index (χ2n) is 9.23. The summed E-state index contributed by atoms with van der Waals surface area (Å²) >= 11 is 12.3. The van der Waals surface area contributed by atoms with E-state index in [1.54, 1.807) is 6.07 Å². The molecule has 7 heteroatoms. The van der Waals surface area contributed by atoms with Crippen LogP contribution in [0.15, 0.2) is 42.5 Å². The number of hydrogen-bond donors (Lipinski definition) is 1. The van der Waals surface area contributed by atoms with Crippen molar-refractivity contribution in [2.75, 3.05) is 32.7 Å². The van der Waals surface area contributed by atoms with Crippen molar-refractivity contribution in [1.29, 1.82) is 0 Å². The number of halogens is 2. The van der Waals surface area contributed by atoms with E-state index < -0.39 is 12.0 Å². The fourth-order valence-electron chi connectivity index (χ4n) is 5.05. The molecule has 178 valence electrons. The molecule has 2 aromatic carbocycles.